The molecule has 1 saturated heterocycles. The van der Waals surface area contributed by atoms with Crippen LogP contribution >= 0.6 is 23.2 Å². The maximum Gasteiger partial charge on any atom is 0.254 e. The van der Waals surface area contributed by atoms with Crippen molar-refractivity contribution in [3.63, 3.8) is 0 Å². The monoisotopic (exact) mass is 301 g/mol. The zero-order valence-electron chi connectivity index (χ0n) is 11.0. The van der Waals surface area contributed by atoms with Crippen LogP contribution < -0.4 is 0 Å². The summed E-state index contributed by atoms with van der Waals surface area (Å²) in [6.07, 6.45) is -0.0947. The minimum atomic E-state index is -0.0947. The van der Waals surface area contributed by atoms with Gasteiger partial charge in [-0.3, -0.25) is 4.79 Å². The first-order valence-electron chi connectivity index (χ1n) is 6.27. The number of morpholine rings is 1. The highest BCUT2D eigenvalue weighted by Gasteiger charge is 2.29. The Bertz CT molecular complexity index is 479. The molecule has 1 aromatic carbocycles. The highest BCUT2D eigenvalue weighted by Crippen LogP contribution is 2.21. The molecular weight excluding hydrogens is 285 g/mol. The number of alkyl halides is 1. The first kappa shape index (κ1) is 14.6. The van der Waals surface area contributed by atoms with Gasteiger partial charge in [0.25, 0.3) is 5.91 Å². The van der Waals surface area contributed by atoms with E-state index >= 15 is 0 Å². The molecule has 19 heavy (non-hydrogen) atoms. The number of halogens is 2. The molecule has 2 unspecified atom stereocenters. The Hall–Kier alpha value is -0.770. The Balaban J connectivity index is 2.19. The van der Waals surface area contributed by atoms with E-state index in [9.17, 15) is 4.79 Å². The van der Waals surface area contributed by atoms with Gasteiger partial charge in [0, 0.05) is 17.1 Å². The first-order chi connectivity index (χ1) is 9.02. The smallest absolute Gasteiger partial charge is 0.254 e. The lowest BCUT2D eigenvalue weighted by Crippen LogP contribution is -2.51. The third-order valence-corrected chi connectivity index (χ3v) is 4.11. The summed E-state index contributed by atoms with van der Waals surface area (Å²) < 4.78 is 5.55. The lowest BCUT2D eigenvalue weighted by molar-refractivity contribution is -0.0371. The van der Waals surface area contributed by atoms with Gasteiger partial charge in [0.1, 0.15) is 0 Å². The van der Waals surface area contributed by atoms with Crippen LogP contribution in [0.4, 0.5) is 0 Å². The second-order valence-electron chi connectivity index (χ2n) is 4.88. The van der Waals surface area contributed by atoms with Crippen molar-refractivity contribution in [2.24, 2.45) is 0 Å². The van der Waals surface area contributed by atoms with Crippen molar-refractivity contribution in [3.05, 3.63) is 34.3 Å². The lowest BCUT2D eigenvalue weighted by Gasteiger charge is -2.37. The summed E-state index contributed by atoms with van der Waals surface area (Å²) in [6, 6.07) is 5.44. The minimum absolute atomic E-state index is 0.0205. The van der Waals surface area contributed by atoms with E-state index < -0.39 is 0 Å². The third-order valence-electron chi connectivity index (χ3n) is 3.36. The van der Waals surface area contributed by atoms with Gasteiger partial charge in [-0.25, -0.2) is 0 Å². The van der Waals surface area contributed by atoms with Crippen molar-refractivity contribution in [3.8, 4) is 0 Å². The molecule has 0 aromatic heterocycles. The molecular formula is C14H17Cl2NO2. The van der Waals surface area contributed by atoms with Crippen LogP contribution in [-0.2, 0) is 4.74 Å². The van der Waals surface area contributed by atoms with Gasteiger partial charge in [-0.1, -0.05) is 17.7 Å². The fourth-order valence-electron chi connectivity index (χ4n) is 2.09. The van der Waals surface area contributed by atoms with E-state index in [-0.39, 0.29) is 18.1 Å². The fourth-order valence-corrected chi connectivity index (χ4v) is 2.45. The van der Waals surface area contributed by atoms with E-state index in [1.807, 2.05) is 19.9 Å². The van der Waals surface area contributed by atoms with Crippen molar-refractivity contribution in [1.29, 1.82) is 0 Å². The second kappa shape index (κ2) is 6.12. The summed E-state index contributed by atoms with van der Waals surface area (Å²) in [6.45, 7) is 4.92. The Morgan fingerprint density at radius 2 is 2.26 bits per heavy atom. The average molecular weight is 302 g/mol. The first-order valence-corrected chi connectivity index (χ1v) is 7.19. The summed E-state index contributed by atoms with van der Waals surface area (Å²) in [7, 11) is 0. The number of benzene rings is 1. The van der Waals surface area contributed by atoms with Gasteiger partial charge in [-0.2, -0.15) is 0 Å². The molecule has 1 aliphatic rings. The number of amides is 1. The van der Waals surface area contributed by atoms with E-state index in [0.29, 0.717) is 29.6 Å². The molecule has 1 aliphatic heterocycles. The van der Waals surface area contributed by atoms with E-state index in [1.54, 1.807) is 17.0 Å². The average Bonchev–Trinajstić information content (AvgIpc) is 2.41. The largest absolute Gasteiger partial charge is 0.373 e. The van der Waals surface area contributed by atoms with Gasteiger partial charge in [-0.05, 0) is 31.5 Å². The molecule has 1 aromatic rings. The predicted octanol–water partition coefficient (Wildman–Crippen LogP) is 3.12. The van der Waals surface area contributed by atoms with Gasteiger partial charge < -0.3 is 9.64 Å². The number of hydrogen-bond acceptors (Lipinski definition) is 2. The van der Waals surface area contributed by atoms with Crippen LogP contribution in [-0.4, -0.2) is 42.0 Å². The normalized spacial score (nSPS) is 23.5. The predicted molar refractivity (Wildman–Crippen MR) is 77.1 cm³/mol. The van der Waals surface area contributed by atoms with E-state index in [1.165, 1.54) is 0 Å². The van der Waals surface area contributed by atoms with Crippen molar-refractivity contribution < 1.29 is 9.53 Å². The molecule has 1 amide bonds. The maximum atomic E-state index is 12.5. The molecule has 0 spiro atoms. The minimum Gasteiger partial charge on any atom is -0.373 e. The maximum absolute atomic E-state index is 12.5. The quantitative estimate of drug-likeness (QED) is 0.786. The Morgan fingerprint density at radius 3 is 2.89 bits per heavy atom. The topological polar surface area (TPSA) is 29.5 Å². The molecule has 0 saturated carbocycles. The zero-order chi connectivity index (χ0) is 14.0. The summed E-state index contributed by atoms with van der Waals surface area (Å²) >= 11 is 11.9. The highest BCUT2D eigenvalue weighted by atomic mass is 35.5. The van der Waals surface area contributed by atoms with Gasteiger partial charge in [0.05, 0.1) is 24.6 Å². The van der Waals surface area contributed by atoms with E-state index in [4.69, 9.17) is 27.9 Å². The van der Waals surface area contributed by atoms with Crippen LogP contribution in [0.2, 0.25) is 5.02 Å². The summed E-state index contributed by atoms with van der Waals surface area (Å²) in [5.74, 6) is 0.373. The molecule has 5 heteroatoms. The third kappa shape index (κ3) is 3.22. The zero-order valence-corrected chi connectivity index (χ0v) is 12.5. The second-order valence-corrected chi connectivity index (χ2v) is 5.60. The number of rotatable bonds is 2. The summed E-state index contributed by atoms with van der Waals surface area (Å²) in [5.41, 5.74) is 1.57. The van der Waals surface area contributed by atoms with Crippen molar-refractivity contribution >= 4 is 29.1 Å². The molecule has 2 rings (SSSR count). The van der Waals surface area contributed by atoms with Crippen molar-refractivity contribution in [2.45, 2.75) is 26.0 Å². The lowest BCUT2D eigenvalue weighted by atomic mass is 10.1. The van der Waals surface area contributed by atoms with Gasteiger partial charge in [-0.15, -0.1) is 11.6 Å². The van der Waals surface area contributed by atoms with Crippen LogP contribution in [0, 0.1) is 6.92 Å². The molecule has 2 atom stereocenters. The molecule has 1 fully saturated rings. The highest BCUT2D eigenvalue weighted by molar-refractivity contribution is 6.31. The molecule has 3 nitrogen and oxygen atoms in total. The fraction of sp³-hybridized carbons (Fsp3) is 0.500. The number of nitrogens with zero attached hydrogens (tertiary/aromatic N) is 1. The summed E-state index contributed by atoms with van der Waals surface area (Å²) in [4.78, 5) is 14.3. The van der Waals surface area contributed by atoms with Crippen LogP contribution in [0.15, 0.2) is 18.2 Å². The number of carbonyl (C=O) groups is 1. The van der Waals surface area contributed by atoms with Crippen molar-refractivity contribution in [2.75, 3.05) is 19.0 Å². The number of aryl methyl sites for hydroxylation is 1. The van der Waals surface area contributed by atoms with Gasteiger partial charge >= 0.3 is 0 Å². The van der Waals surface area contributed by atoms with E-state index in [2.05, 4.69) is 0 Å². The van der Waals surface area contributed by atoms with Crippen molar-refractivity contribution in [1.82, 2.24) is 4.90 Å². The van der Waals surface area contributed by atoms with Crippen LogP contribution in [0.3, 0.4) is 0 Å². The standard InChI is InChI=1S/C14H17Cl2NO2/c1-9-3-4-11(5-13(9)16)14(18)17-7-12(6-15)19-8-10(17)2/h3-5,10,12H,6-8H2,1-2H3. The molecule has 1 heterocycles. The van der Waals surface area contributed by atoms with Crippen LogP contribution in [0.25, 0.3) is 0 Å². The number of carbonyl (C=O) groups excluding carboxylic acids is 1. The molecule has 0 N–H and O–H groups in total. The Morgan fingerprint density at radius 1 is 1.53 bits per heavy atom. The Labute approximate surface area is 123 Å². The SMILES string of the molecule is Cc1ccc(C(=O)N2CC(CCl)OCC2C)cc1Cl. The Kier molecular flexibility index (Phi) is 4.71. The molecule has 0 bridgehead atoms. The molecule has 104 valence electrons. The molecule has 0 aliphatic carbocycles. The van der Waals surface area contributed by atoms with Crippen LogP contribution in [0.5, 0.6) is 0 Å². The van der Waals surface area contributed by atoms with Crippen LogP contribution in [0.1, 0.15) is 22.8 Å². The molecule has 0 radical (unpaired) electrons. The number of hydrogen-bond donors (Lipinski definition) is 0. The van der Waals surface area contributed by atoms with Gasteiger partial charge in [0.2, 0.25) is 0 Å². The van der Waals surface area contributed by atoms with Gasteiger partial charge in [0.15, 0.2) is 0 Å². The summed E-state index contributed by atoms with van der Waals surface area (Å²) in [5, 5.41) is 0.612. The van der Waals surface area contributed by atoms with E-state index in [0.717, 1.165) is 5.56 Å². The number of ether oxygens (including phenoxy) is 1.